The number of aliphatic carboxylic acids is 1. The van der Waals surface area contributed by atoms with Crippen molar-refractivity contribution in [2.24, 2.45) is 11.8 Å². The SMILES string of the molecule is O=C(O)CCN1C(=O)/C(=C\c2ccc3c(c2)C2CCCC2C3CCc2ccc(/C=C(\C3=CC=CCC3)C3C=CC=CC3)cc2)SC1=S. The van der Waals surface area contributed by atoms with Crippen molar-refractivity contribution in [2.75, 3.05) is 6.54 Å². The molecule has 7 rings (SSSR count). The first-order valence-electron chi connectivity index (χ1n) is 17.1. The van der Waals surface area contributed by atoms with Crippen molar-refractivity contribution in [3.05, 3.63) is 129 Å². The second-order valence-corrected chi connectivity index (χ2v) is 15.0. The molecule has 2 aromatic carbocycles. The van der Waals surface area contributed by atoms with E-state index in [4.69, 9.17) is 17.3 Å². The third-order valence-electron chi connectivity index (χ3n) is 10.5. The van der Waals surface area contributed by atoms with Crippen LogP contribution in [0.1, 0.15) is 91.0 Å². The van der Waals surface area contributed by atoms with E-state index < -0.39 is 5.97 Å². The van der Waals surface area contributed by atoms with Crippen molar-refractivity contribution < 1.29 is 14.7 Å². The number of carbonyl (C=O) groups is 2. The average molecular weight is 660 g/mol. The van der Waals surface area contributed by atoms with Gasteiger partial charge in [0.2, 0.25) is 0 Å². The Morgan fingerprint density at radius 3 is 2.64 bits per heavy atom. The number of hydrogen-bond acceptors (Lipinski definition) is 4. The number of carbonyl (C=O) groups excluding carboxylic acids is 1. The maximum atomic E-state index is 13.0. The standard InChI is InChI=1S/C41H41NO3S2/c43-39(44)22-23-42-40(45)38(47-41(42)46)26-29-19-21-35-34(32-12-7-13-33(32)37(35)25-29)20-18-27-14-16-28(17-15-27)24-36(30-8-3-1-4-9-30)31-10-5-2-6-11-31/h1-5,8,10,14-17,19,21,24-26,30,32-34H,6-7,9,11-13,18,20,22-23H2,(H,43,44)/b36-24-,38-26+. The molecule has 4 atom stereocenters. The Bertz CT molecular complexity index is 1760. The maximum Gasteiger partial charge on any atom is 0.305 e. The smallest absolute Gasteiger partial charge is 0.305 e. The highest BCUT2D eigenvalue weighted by Gasteiger charge is 2.43. The van der Waals surface area contributed by atoms with Crippen LogP contribution in [-0.4, -0.2) is 32.7 Å². The lowest BCUT2D eigenvalue weighted by Gasteiger charge is -2.22. The molecule has 6 heteroatoms. The number of fused-ring (bicyclic) bond motifs is 3. The molecule has 0 spiro atoms. The van der Waals surface area contributed by atoms with Crippen LogP contribution >= 0.6 is 24.0 Å². The van der Waals surface area contributed by atoms with Gasteiger partial charge in [0.25, 0.3) is 5.91 Å². The summed E-state index contributed by atoms with van der Waals surface area (Å²) in [6.45, 7) is 0.111. The minimum absolute atomic E-state index is 0.111. The molecule has 1 aliphatic heterocycles. The molecule has 1 N–H and O–H groups in total. The highest BCUT2D eigenvalue weighted by molar-refractivity contribution is 8.26. The zero-order chi connectivity index (χ0) is 32.3. The lowest BCUT2D eigenvalue weighted by atomic mass is 9.83. The molecule has 2 fully saturated rings. The predicted molar refractivity (Wildman–Crippen MR) is 197 cm³/mol. The summed E-state index contributed by atoms with van der Waals surface area (Å²) >= 11 is 6.66. The van der Waals surface area contributed by atoms with E-state index in [-0.39, 0.29) is 18.9 Å². The number of thioether (sulfide) groups is 1. The average Bonchev–Trinajstić information content (AvgIpc) is 3.76. The van der Waals surface area contributed by atoms with Crippen LogP contribution in [0.3, 0.4) is 0 Å². The first-order valence-corrected chi connectivity index (χ1v) is 18.3. The molecule has 4 aliphatic carbocycles. The number of thiocarbonyl (C=S) groups is 1. The number of carboxylic acids is 1. The molecule has 1 saturated heterocycles. The molecule has 0 radical (unpaired) electrons. The van der Waals surface area contributed by atoms with E-state index in [1.807, 2.05) is 6.08 Å². The van der Waals surface area contributed by atoms with Crippen molar-refractivity contribution in [1.82, 2.24) is 4.90 Å². The largest absolute Gasteiger partial charge is 0.481 e. The Hall–Kier alpha value is -3.74. The quantitative estimate of drug-likeness (QED) is 0.203. The summed E-state index contributed by atoms with van der Waals surface area (Å²) in [6, 6.07) is 16.0. The molecule has 240 valence electrons. The predicted octanol–water partition coefficient (Wildman–Crippen LogP) is 9.77. The van der Waals surface area contributed by atoms with E-state index in [9.17, 15) is 9.59 Å². The van der Waals surface area contributed by atoms with Gasteiger partial charge >= 0.3 is 5.97 Å². The van der Waals surface area contributed by atoms with Gasteiger partial charge in [-0.3, -0.25) is 14.5 Å². The summed E-state index contributed by atoms with van der Waals surface area (Å²) in [5.74, 6) is 1.15. The molecule has 5 aliphatic rings. The Kier molecular flexibility index (Phi) is 9.60. The van der Waals surface area contributed by atoms with Gasteiger partial charge in [0.15, 0.2) is 0 Å². The van der Waals surface area contributed by atoms with E-state index in [0.717, 1.165) is 37.7 Å². The van der Waals surface area contributed by atoms with E-state index in [1.165, 1.54) is 69.3 Å². The molecule has 2 aromatic rings. The van der Waals surface area contributed by atoms with Crippen molar-refractivity contribution in [3.8, 4) is 0 Å². The number of benzene rings is 2. The van der Waals surface area contributed by atoms with Gasteiger partial charge < -0.3 is 5.11 Å². The van der Waals surface area contributed by atoms with Crippen LogP contribution in [0.15, 0.2) is 101 Å². The number of rotatable bonds is 10. The first-order chi connectivity index (χ1) is 22.9. The zero-order valence-corrected chi connectivity index (χ0v) is 28.3. The van der Waals surface area contributed by atoms with Gasteiger partial charge in [-0.25, -0.2) is 0 Å². The number of carboxylic acid groups (broad SMARTS) is 1. The summed E-state index contributed by atoms with van der Waals surface area (Å²) in [6.07, 6.45) is 29.2. The fraction of sp³-hybridized carbons (Fsp3) is 0.341. The fourth-order valence-electron chi connectivity index (χ4n) is 8.22. The summed E-state index contributed by atoms with van der Waals surface area (Å²) < 4.78 is 0.432. The number of allylic oxidation sites excluding steroid dienone is 9. The van der Waals surface area contributed by atoms with Gasteiger partial charge in [-0.15, -0.1) is 0 Å². The molecular weight excluding hydrogens is 619 g/mol. The molecule has 47 heavy (non-hydrogen) atoms. The zero-order valence-electron chi connectivity index (χ0n) is 26.6. The van der Waals surface area contributed by atoms with E-state index in [0.29, 0.717) is 32.9 Å². The molecule has 1 heterocycles. The van der Waals surface area contributed by atoms with Crippen LogP contribution < -0.4 is 0 Å². The van der Waals surface area contributed by atoms with Gasteiger partial charge in [0.05, 0.1) is 11.3 Å². The Morgan fingerprint density at radius 2 is 1.87 bits per heavy atom. The van der Waals surface area contributed by atoms with E-state index >= 15 is 0 Å². The molecule has 4 unspecified atom stereocenters. The molecular formula is C41H41NO3S2. The third kappa shape index (κ3) is 6.95. The third-order valence-corrected chi connectivity index (χ3v) is 11.9. The number of hydrogen-bond donors (Lipinski definition) is 1. The van der Waals surface area contributed by atoms with E-state index in [2.05, 4.69) is 91.1 Å². The van der Waals surface area contributed by atoms with Crippen molar-refractivity contribution in [3.63, 3.8) is 0 Å². The highest BCUT2D eigenvalue weighted by atomic mass is 32.2. The number of amides is 1. The van der Waals surface area contributed by atoms with Crippen LogP contribution in [0, 0.1) is 11.8 Å². The summed E-state index contributed by atoms with van der Waals surface area (Å²) in [5.41, 5.74) is 9.54. The summed E-state index contributed by atoms with van der Waals surface area (Å²) in [5, 5.41) is 9.05. The van der Waals surface area contributed by atoms with Crippen LogP contribution in [0.4, 0.5) is 0 Å². The molecule has 4 nitrogen and oxygen atoms in total. The minimum Gasteiger partial charge on any atom is -0.481 e. The second kappa shape index (κ2) is 14.2. The summed E-state index contributed by atoms with van der Waals surface area (Å²) in [4.78, 5) is 26.0. The lowest BCUT2D eigenvalue weighted by molar-refractivity contribution is -0.137. The maximum absolute atomic E-state index is 13.0. The lowest BCUT2D eigenvalue weighted by Crippen LogP contribution is -2.30. The van der Waals surface area contributed by atoms with Crippen LogP contribution in [0.5, 0.6) is 0 Å². The minimum atomic E-state index is -0.933. The van der Waals surface area contributed by atoms with Crippen LogP contribution in [0.2, 0.25) is 0 Å². The van der Waals surface area contributed by atoms with Gasteiger partial charge in [-0.1, -0.05) is 121 Å². The van der Waals surface area contributed by atoms with Crippen molar-refractivity contribution in [2.45, 2.75) is 69.6 Å². The molecule has 1 saturated carbocycles. The van der Waals surface area contributed by atoms with Gasteiger partial charge in [-0.05, 0) is 108 Å². The fourth-order valence-corrected chi connectivity index (χ4v) is 9.53. The topological polar surface area (TPSA) is 57.6 Å². The number of aryl methyl sites for hydroxylation is 1. The molecule has 0 aromatic heterocycles. The Morgan fingerprint density at radius 1 is 1.02 bits per heavy atom. The van der Waals surface area contributed by atoms with Crippen LogP contribution in [-0.2, 0) is 16.0 Å². The van der Waals surface area contributed by atoms with Crippen molar-refractivity contribution >= 4 is 52.3 Å². The van der Waals surface area contributed by atoms with E-state index in [1.54, 1.807) is 0 Å². The molecule has 1 amide bonds. The highest BCUT2D eigenvalue weighted by Crippen LogP contribution is 2.56. The van der Waals surface area contributed by atoms with Gasteiger partial charge in [0, 0.05) is 12.5 Å². The Balaban J connectivity index is 1.05. The molecule has 0 bridgehead atoms. The normalized spacial score (nSPS) is 25.9. The summed E-state index contributed by atoms with van der Waals surface area (Å²) in [7, 11) is 0. The number of nitrogens with zero attached hydrogens (tertiary/aromatic N) is 1. The Labute approximate surface area is 287 Å². The first kappa shape index (κ1) is 31.8. The van der Waals surface area contributed by atoms with Gasteiger partial charge in [-0.2, -0.15) is 0 Å². The monoisotopic (exact) mass is 659 g/mol. The van der Waals surface area contributed by atoms with Gasteiger partial charge in [0.1, 0.15) is 4.32 Å². The second-order valence-electron chi connectivity index (χ2n) is 13.4. The van der Waals surface area contributed by atoms with Crippen LogP contribution in [0.25, 0.3) is 12.2 Å². The van der Waals surface area contributed by atoms with Crippen molar-refractivity contribution in [1.29, 1.82) is 0 Å².